The topological polar surface area (TPSA) is 0 Å². The second-order valence-electron chi connectivity index (χ2n) is 1.32. The first kappa shape index (κ1) is 16.0. The maximum absolute atomic E-state index is 2.16. The number of allylic oxidation sites excluding steroid dienone is 4. The molecule has 0 aromatic rings. The van der Waals surface area contributed by atoms with Crippen LogP contribution in [0.1, 0.15) is 6.42 Å². The van der Waals surface area contributed by atoms with Crippen molar-refractivity contribution in [2.45, 2.75) is 6.42 Å². The normalized spacial score (nSPS) is 12.4. The molecule has 0 saturated heterocycles. The Morgan fingerprint density at radius 2 is 1.78 bits per heavy atom. The molecule has 0 bridgehead atoms. The molecule has 0 aromatic heterocycles. The Balaban J connectivity index is -0.000000120. The van der Waals surface area contributed by atoms with Gasteiger partial charge in [0, 0.05) is 0 Å². The van der Waals surface area contributed by atoms with Gasteiger partial charge in [0.1, 0.15) is 0 Å². The third-order valence-corrected chi connectivity index (χ3v) is 1.35. The maximum atomic E-state index is 2.16. The van der Waals surface area contributed by atoms with Gasteiger partial charge in [-0.2, -0.15) is 0 Å². The van der Waals surface area contributed by atoms with E-state index in [1.165, 1.54) is 10.3 Å². The molecule has 0 spiro atoms. The van der Waals surface area contributed by atoms with E-state index in [0.717, 1.165) is 0 Å². The van der Waals surface area contributed by atoms with Gasteiger partial charge in [-0.15, -0.1) is 0 Å². The van der Waals surface area contributed by atoms with Gasteiger partial charge in [0.15, 0.2) is 0 Å². The average molecular weight is 170 g/mol. The summed E-state index contributed by atoms with van der Waals surface area (Å²) in [5.41, 5.74) is 0. The molecule has 1 aliphatic carbocycles. The average Bonchev–Trinajstić information content (AvgIpc) is 1.86. The zero-order valence-corrected chi connectivity index (χ0v) is 6.13. The third-order valence-electron chi connectivity index (χ3n) is 0.771. The summed E-state index contributed by atoms with van der Waals surface area (Å²) in [5.74, 6) is 0. The minimum absolute atomic E-state index is 0. The SMILES string of the molecule is [F-].[F-].[F-].[Ti+3][C]1=CC=CC1. The fourth-order valence-corrected chi connectivity index (χ4v) is 0.782. The Bertz CT molecular complexity index is 109. The summed E-state index contributed by atoms with van der Waals surface area (Å²) in [6, 6.07) is 0. The monoisotopic (exact) mass is 170 g/mol. The Kier molecular flexibility index (Phi) is 14.2. The van der Waals surface area contributed by atoms with Crippen molar-refractivity contribution in [3.05, 3.63) is 22.1 Å². The number of halogens is 3. The predicted molar refractivity (Wildman–Crippen MR) is 21.8 cm³/mol. The first-order valence-electron chi connectivity index (χ1n) is 1.97. The minimum atomic E-state index is 0. The summed E-state index contributed by atoms with van der Waals surface area (Å²) in [5, 5.41) is 0. The van der Waals surface area contributed by atoms with Crippen molar-refractivity contribution in [1.29, 1.82) is 0 Å². The molecular weight excluding hydrogens is 165 g/mol. The van der Waals surface area contributed by atoms with E-state index in [1.807, 2.05) is 0 Å². The van der Waals surface area contributed by atoms with Gasteiger partial charge in [0.25, 0.3) is 0 Å². The van der Waals surface area contributed by atoms with Crippen LogP contribution in [-0.2, 0) is 20.4 Å². The van der Waals surface area contributed by atoms with Crippen LogP contribution in [-0.4, -0.2) is 0 Å². The number of hydrogen-bond donors (Lipinski definition) is 0. The predicted octanol–water partition coefficient (Wildman–Crippen LogP) is -7.61. The van der Waals surface area contributed by atoms with Crippen molar-refractivity contribution in [2.75, 3.05) is 0 Å². The van der Waals surface area contributed by atoms with Gasteiger partial charge in [0.05, 0.1) is 0 Å². The molecule has 0 aromatic carbocycles. The standard InChI is InChI=1S/C5H5.3FH.Ti/c1-2-4-5-3-1;;;;/h1-3H,4H2;3*1H;/q;;;;+3/p-3. The van der Waals surface area contributed by atoms with Gasteiger partial charge in [-0.25, -0.2) is 0 Å². The molecule has 9 heavy (non-hydrogen) atoms. The molecule has 0 heterocycles. The molecule has 1 rings (SSSR count). The first-order chi connectivity index (χ1) is 2.89. The Morgan fingerprint density at radius 3 is 1.89 bits per heavy atom. The van der Waals surface area contributed by atoms with Gasteiger partial charge in [-0.3, -0.25) is 0 Å². The fraction of sp³-hybridized carbons (Fsp3) is 0.200. The van der Waals surface area contributed by atoms with Gasteiger partial charge >= 0.3 is 49.0 Å². The third kappa shape index (κ3) is 5.86. The van der Waals surface area contributed by atoms with E-state index in [-0.39, 0.29) is 14.1 Å². The molecule has 0 fully saturated rings. The molecule has 0 saturated carbocycles. The fourth-order valence-electron chi connectivity index (χ4n) is 0.447. The molecule has 0 radical (unpaired) electrons. The van der Waals surface area contributed by atoms with Crippen molar-refractivity contribution in [3.63, 3.8) is 0 Å². The Morgan fingerprint density at radius 1 is 1.22 bits per heavy atom. The van der Waals surface area contributed by atoms with Crippen LogP contribution in [0.2, 0.25) is 0 Å². The summed E-state index contributed by atoms with van der Waals surface area (Å²) in [4.78, 5) is 0. The molecule has 1 aliphatic rings. The summed E-state index contributed by atoms with van der Waals surface area (Å²) < 4.78 is 1.47. The molecular formula is C5H5F3Ti. The Labute approximate surface area is 63.5 Å². The second kappa shape index (κ2) is 7.98. The van der Waals surface area contributed by atoms with E-state index in [0.29, 0.717) is 0 Å². The summed E-state index contributed by atoms with van der Waals surface area (Å²) >= 11 is 2.14. The van der Waals surface area contributed by atoms with Crippen LogP contribution >= 0.6 is 0 Å². The molecule has 0 unspecified atom stereocenters. The van der Waals surface area contributed by atoms with Crippen molar-refractivity contribution >= 4 is 0 Å². The number of rotatable bonds is 0. The van der Waals surface area contributed by atoms with Gasteiger partial charge in [0.2, 0.25) is 0 Å². The summed E-state index contributed by atoms with van der Waals surface area (Å²) in [7, 11) is 0. The van der Waals surface area contributed by atoms with E-state index in [1.54, 1.807) is 0 Å². The van der Waals surface area contributed by atoms with Crippen LogP contribution in [0.4, 0.5) is 0 Å². The molecule has 0 amide bonds. The van der Waals surface area contributed by atoms with Crippen molar-refractivity contribution in [3.8, 4) is 0 Å². The van der Waals surface area contributed by atoms with E-state index < -0.39 is 0 Å². The molecule has 0 nitrogen and oxygen atoms in total. The van der Waals surface area contributed by atoms with E-state index in [2.05, 4.69) is 38.7 Å². The molecule has 0 atom stereocenters. The van der Waals surface area contributed by atoms with Crippen molar-refractivity contribution in [1.82, 2.24) is 0 Å². The van der Waals surface area contributed by atoms with Crippen molar-refractivity contribution < 1.29 is 34.5 Å². The zero-order valence-electron chi connectivity index (χ0n) is 4.57. The van der Waals surface area contributed by atoms with Crippen molar-refractivity contribution in [2.24, 2.45) is 0 Å². The van der Waals surface area contributed by atoms with Crippen LogP contribution in [0.3, 0.4) is 0 Å². The van der Waals surface area contributed by atoms with Gasteiger partial charge in [-0.05, 0) is 0 Å². The molecule has 50 valence electrons. The number of hydrogen-bond acceptors (Lipinski definition) is 0. The summed E-state index contributed by atoms with van der Waals surface area (Å²) in [6.07, 6.45) is 7.56. The quantitative estimate of drug-likeness (QED) is 0.317. The van der Waals surface area contributed by atoms with E-state index in [9.17, 15) is 0 Å². The second-order valence-corrected chi connectivity index (χ2v) is 2.33. The van der Waals surface area contributed by atoms with Crippen LogP contribution in [0.15, 0.2) is 22.1 Å². The van der Waals surface area contributed by atoms with Crippen LogP contribution in [0.5, 0.6) is 0 Å². The van der Waals surface area contributed by atoms with E-state index >= 15 is 0 Å². The van der Waals surface area contributed by atoms with Gasteiger partial charge < -0.3 is 14.1 Å². The Hall–Kier alpha value is -0.0157. The first-order valence-corrected chi connectivity index (χ1v) is 2.75. The van der Waals surface area contributed by atoms with Crippen LogP contribution in [0.25, 0.3) is 0 Å². The van der Waals surface area contributed by atoms with Crippen LogP contribution in [0, 0.1) is 0 Å². The van der Waals surface area contributed by atoms with E-state index in [4.69, 9.17) is 0 Å². The molecule has 0 N–H and O–H groups in total. The molecule has 4 heteroatoms. The zero-order chi connectivity index (χ0) is 4.41. The van der Waals surface area contributed by atoms with Crippen LogP contribution < -0.4 is 14.1 Å². The molecule has 0 aliphatic heterocycles. The summed E-state index contributed by atoms with van der Waals surface area (Å²) in [6.45, 7) is 0. The van der Waals surface area contributed by atoms with Gasteiger partial charge in [-0.1, -0.05) is 0 Å².